The SMILES string of the molecule is CC(C)OC(=O)N1CCC(COc2ccc(-c3ccc(C[C@H](N)C(=O)N4CCCC4)c(F)c3)cc2)CC1. The number of rotatable bonds is 8. The highest BCUT2D eigenvalue weighted by atomic mass is 19.1. The van der Waals surface area contributed by atoms with Crippen LogP contribution in [0.5, 0.6) is 5.75 Å². The minimum Gasteiger partial charge on any atom is -0.493 e. The highest BCUT2D eigenvalue weighted by molar-refractivity contribution is 5.82. The Bertz CT molecular complexity index is 1060. The summed E-state index contributed by atoms with van der Waals surface area (Å²) >= 11 is 0. The molecule has 1 atom stereocenters. The van der Waals surface area contributed by atoms with Gasteiger partial charge in [0, 0.05) is 26.2 Å². The van der Waals surface area contributed by atoms with Crippen molar-refractivity contribution in [3.05, 3.63) is 53.8 Å². The van der Waals surface area contributed by atoms with Gasteiger partial charge in [-0.2, -0.15) is 0 Å². The summed E-state index contributed by atoms with van der Waals surface area (Å²) in [5, 5.41) is 0. The minimum absolute atomic E-state index is 0.101. The molecule has 0 radical (unpaired) electrons. The van der Waals surface area contributed by atoms with Gasteiger partial charge in [0.1, 0.15) is 11.6 Å². The van der Waals surface area contributed by atoms with Gasteiger partial charge in [0.15, 0.2) is 0 Å². The van der Waals surface area contributed by atoms with E-state index in [-0.39, 0.29) is 30.3 Å². The first-order chi connectivity index (χ1) is 17.8. The molecular formula is C29H38FN3O4. The van der Waals surface area contributed by atoms with Crippen molar-refractivity contribution in [2.45, 2.75) is 58.1 Å². The highest BCUT2D eigenvalue weighted by Crippen LogP contribution is 2.26. The zero-order valence-electron chi connectivity index (χ0n) is 21.8. The zero-order valence-corrected chi connectivity index (χ0v) is 21.8. The van der Waals surface area contributed by atoms with Gasteiger partial charge in [0.05, 0.1) is 18.8 Å². The zero-order chi connectivity index (χ0) is 26.4. The minimum atomic E-state index is -0.726. The summed E-state index contributed by atoms with van der Waals surface area (Å²) in [5.41, 5.74) is 8.18. The van der Waals surface area contributed by atoms with Crippen molar-refractivity contribution in [2.24, 2.45) is 11.7 Å². The molecule has 2 N–H and O–H groups in total. The number of hydrogen-bond donors (Lipinski definition) is 1. The van der Waals surface area contributed by atoms with Gasteiger partial charge in [0.25, 0.3) is 0 Å². The van der Waals surface area contributed by atoms with Gasteiger partial charge in [0.2, 0.25) is 5.91 Å². The largest absolute Gasteiger partial charge is 0.493 e. The maximum Gasteiger partial charge on any atom is 0.410 e. The molecule has 200 valence electrons. The van der Waals surface area contributed by atoms with E-state index in [4.69, 9.17) is 15.2 Å². The molecule has 4 rings (SSSR count). The third-order valence-corrected chi connectivity index (χ3v) is 7.11. The fourth-order valence-electron chi connectivity index (χ4n) is 4.90. The molecule has 7 nitrogen and oxygen atoms in total. The van der Waals surface area contributed by atoms with E-state index in [1.165, 1.54) is 6.07 Å². The van der Waals surface area contributed by atoms with E-state index < -0.39 is 6.04 Å². The van der Waals surface area contributed by atoms with Gasteiger partial charge in [-0.25, -0.2) is 9.18 Å². The van der Waals surface area contributed by atoms with Gasteiger partial charge in [-0.1, -0.05) is 24.3 Å². The summed E-state index contributed by atoms with van der Waals surface area (Å²) in [6.45, 7) is 7.13. The molecule has 2 saturated heterocycles. The first kappa shape index (κ1) is 26.9. The molecule has 0 aromatic heterocycles. The van der Waals surface area contributed by atoms with Gasteiger partial charge in [-0.15, -0.1) is 0 Å². The molecule has 2 aliphatic rings. The summed E-state index contributed by atoms with van der Waals surface area (Å²) in [4.78, 5) is 28.0. The second-order valence-corrected chi connectivity index (χ2v) is 10.3. The molecule has 2 aromatic rings. The van der Waals surface area contributed by atoms with Crippen LogP contribution in [0.1, 0.15) is 45.1 Å². The predicted molar refractivity (Wildman–Crippen MR) is 141 cm³/mol. The van der Waals surface area contributed by atoms with Crippen molar-refractivity contribution in [2.75, 3.05) is 32.8 Å². The monoisotopic (exact) mass is 511 g/mol. The molecule has 0 aliphatic carbocycles. The number of nitrogens with zero attached hydrogens (tertiary/aromatic N) is 2. The Kier molecular flexibility index (Phi) is 9.03. The molecule has 0 bridgehead atoms. The maximum atomic E-state index is 14.8. The Morgan fingerprint density at radius 3 is 2.24 bits per heavy atom. The van der Waals surface area contributed by atoms with Crippen molar-refractivity contribution in [3.8, 4) is 16.9 Å². The van der Waals surface area contributed by atoms with Crippen LogP contribution >= 0.6 is 0 Å². The van der Waals surface area contributed by atoms with E-state index in [2.05, 4.69) is 0 Å². The standard InChI is InChI=1S/C29H38FN3O4/c1-20(2)37-29(35)33-15-11-21(12-16-33)19-36-25-9-7-22(8-10-25)23-5-6-24(26(30)17-23)18-27(31)28(34)32-13-3-4-14-32/h5-10,17,20-21,27H,3-4,11-16,18-19,31H2,1-2H3/t27-/m0/s1. The van der Waals surface area contributed by atoms with Gasteiger partial charge >= 0.3 is 6.09 Å². The third-order valence-electron chi connectivity index (χ3n) is 7.11. The summed E-state index contributed by atoms with van der Waals surface area (Å²) in [6.07, 6.45) is 3.59. The number of piperidine rings is 1. The number of halogens is 1. The van der Waals surface area contributed by atoms with Crippen LogP contribution in [0.15, 0.2) is 42.5 Å². The van der Waals surface area contributed by atoms with Crippen molar-refractivity contribution in [1.82, 2.24) is 9.80 Å². The maximum absolute atomic E-state index is 14.8. The molecule has 2 heterocycles. The fourth-order valence-corrected chi connectivity index (χ4v) is 4.90. The number of ether oxygens (including phenoxy) is 2. The van der Waals surface area contributed by atoms with Gasteiger partial charge < -0.3 is 25.0 Å². The molecule has 2 aliphatic heterocycles. The van der Waals surface area contributed by atoms with E-state index in [0.717, 1.165) is 55.6 Å². The normalized spacial score (nSPS) is 17.2. The topological polar surface area (TPSA) is 85.1 Å². The lowest BCUT2D eigenvalue weighted by Crippen LogP contribution is -2.43. The lowest BCUT2D eigenvalue weighted by Gasteiger charge is -2.31. The van der Waals surface area contributed by atoms with E-state index >= 15 is 0 Å². The molecule has 2 aromatic carbocycles. The van der Waals surface area contributed by atoms with Crippen LogP contribution in [0, 0.1) is 11.7 Å². The van der Waals surface area contributed by atoms with Gasteiger partial charge in [-0.05, 0) is 86.8 Å². The second-order valence-electron chi connectivity index (χ2n) is 10.3. The molecule has 8 heteroatoms. The molecule has 2 fully saturated rings. The Balaban J connectivity index is 1.26. The van der Waals surface area contributed by atoms with Crippen molar-refractivity contribution in [1.29, 1.82) is 0 Å². The van der Waals surface area contributed by atoms with E-state index in [9.17, 15) is 14.0 Å². The Hall–Kier alpha value is -3.13. The Morgan fingerprint density at radius 2 is 1.62 bits per heavy atom. The van der Waals surface area contributed by atoms with Crippen LogP contribution in [0.3, 0.4) is 0 Å². The van der Waals surface area contributed by atoms with Crippen LogP contribution in [0.2, 0.25) is 0 Å². The van der Waals surface area contributed by atoms with E-state index in [0.29, 0.717) is 31.2 Å². The lowest BCUT2D eigenvalue weighted by molar-refractivity contribution is -0.131. The smallest absolute Gasteiger partial charge is 0.410 e. The number of carbonyl (C=O) groups excluding carboxylic acids is 2. The molecule has 37 heavy (non-hydrogen) atoms. The summed E-state index contributed by atoms with van der Waals surface area (Å²) < 4.78 is 26.1. The molecule has 0 unspecified atom stereocenters. The summed E-state index contributed by atoms with van der Waals surface area (Å²) in [7, 11) is 0. The Morgan fingerprint density at radius 1 is 0.973 bits per heavy atom. The Labute approximate surface area is 218 Å². The molecule has 2 amide bonds. The van der Waals surface area contributed by atoms with Gasteiger partial charge in [-0.3, -0.25) is 4.79 Å². The number of likely N-dealkylation sites (tertiary alicyclic amines) is 2. The molecule has 0 saturated carbocycles. The number of nitrogens with two attached hydrogens (primary N) is 1. The van der Waals surface area contributed by atoms with Crippen LogP contribution < -0.4 is 10.5 Å². The third kappa shape index (κ3) is 7.22. The molecular weight excluding hydrogens is 473 g/mol. The van der Waals surface area contributed by atoms with Crippen LogP contribution in [0.25, 0.3) is 11.1 Å². The number of carbonyl (C=O) groups is 2. The van der Waals surface area contributed by atoms with E-state index in [1.54, 1.807) is 15.9 Å². The first-order valence-electron chi connectivity index (χ1n) is 13.3. The fraction of sp³-hybridized carbons (Fsp3) is 0.517. The van der Waals surface area contributed by atoms with E-state index in [1.807, 2.05) is 44.2 Å². The van der Waals surface area contributed by atoms with Crippen molar-refractivity contribution < 1.29 is 23.5 Å². The lowest BCUT2D eigenvalue weighted by atomic mass is 9.98. The number of hydrogen-bond acceptors (Lipinski definition) is 5. The molecule has 0 spiro atoms. The van der Waals surface area contributed by atoms with Crippen LogP contribution in [0.4, 0.5) is 9.18 Å². The summed E-state index contributed by atoms with van der Waals surface area (Å²) in [6, 6.07) is 12.0. The second kappa shape index (κ2) is 12.4. The van der Waals surface area contributed by atoms with Crippen LogP contribution in [-0.2, 0) is 16.0 Å². The van der Waals surface area contributed by atoms with Crippen molar-refractivity contribution in [3.63, 3.8) is 0 Å². The first-order valence-corrected chi connectivity index (χ1v) is 13.3. The average molecular weight is 512 g/mol. The quantitative estimate of drug-likeness (QED) is 0.559. The predicted octanol–water partition coefficient (Wildman–Crippen LogP) is 4.62. The van der Waals surface area contributed by atoms with Crippen LogP contribution in [-0.4, -0.2) is 66.7 Å². The highest BCUT2D eigenvalue weighted by Gasteiger charge is 2.26. The number of amides is 2. The average Bonchev–Trinajstić information content (AvgIpc) is 3.43. The van der Waals surface area contributed by atoms with Crippen molar-refractivity contribution >= 4 is 12.0 Å². The summed E-state index contributed by atoms with van der Waals surface area (Å²) in [5.74, 6) is 0.684. The number of benzene rings is 2.